The molecule has 0 saturated carbocycles. The number of nitriles is 1. The molecule has 4 rings (SSSR count). The van der Waals surface area contributed by atoms with Crippen molar-refractivity contribution in [2.75, 3.05) is 0 Å². The first kappa shape index (κ1) is 16.3. The summed E-state index contributed by atoms with van der Waals surface area (Å²) in [5, 5.41) is 32.2. The van der Waals surface area contributed by atoms with Crippen molar-refractivity contribution in [1.82, 2.24) is 0 Å². The number of rotatable bonds is 2. The SMILES string of the molecule is N#Cc1cscc1C1C(c2ccc(O)c(F)c2F)=Cc2ccc(O)cc21. The molecule has 1 aromatic heterocycles. The van der Waals surface area contributed by atoms with Crippen LogP contribution in [0.25, 0.3) is 11.6 Å². The van der Waals surface area contributed by atoms with Crippen LogP contribution in [0.3, 0.4) is 0 Å². The molecule has 0 amide bonds. The predicted molar refractivity (Wildman–Crippen MR) is 94.9 cm³/mol. The molecule has 1 heterocycles. The Balaban J connectivity index is 1.97. The zero-order chi connectivity index (χ0) is 18.4. The Morgan fingerprint density at radius 1 is 1.00 bits per heavy atom. The van der Waals surface area contributed by atoms with Gasteiger partial charge in [0, 0.05) is 16.9 Å². The van der Waals surface area contributed by atoms with Crippen LogP contribution in [0, 0.1) is 23.0 Å². The molecule has 0 fully saturated rings. The van der Waals surface area contributed by atoms with E-state index in [-0.39, 0.29) is 11.3 Å². The number of fused-ring (bicyclic) bond motifs is 1. The van der Waals surface area contributed by atoms with Crippen LogP contribution in [-0.2, 0) is 0 Å². The van der Waals surface area contributed by atoms with Gasteiger partial charge in [-0.15, -0.1) is 0 Å². The van der Waals surface area contributed by atoms with Crippen LogP contribution in [0.4, 0.5) is 8.78 Å². The minimum atomic E-state index is -1.31. The Morgan fingerprint density at radius 2 is 1.81 bits per heavy atom. The van der Waals surface area contributed by atoms with Crippen molar-refractivity contribution in [3.05, 3.63) is 80.5 Å². The molecule has 2 N–H and O–H groups in total. The molecule has 3 aromatic rings. The Kier molecular flexibility index (Phi) is 3.74. The maximum absolute atomic E-state index is 14.5. The highest BCUT2D eigenvalue weighted by Gasteiger charge is 2.32. The third-order valence-corrected chi connectivity index (χ3v) is 5.26. The van der Waals surface area contributed by atoms with E-state index < -0.39 is 23.3 Å². The molecule has 1 aliphatic rings. The highest BCUT2D eigenvalue weighted by atomic mass is 32.1. The Hall–Kier alpha value is -3.17. The molecule has 0 radical (unpaired) electrons. The highest BCUT2D eigenvalue weighted by Crippen LogP contribution is 2.49. The average molecular weight is 367 g/mol. The first-order valence-corrected chi connectivity index (χ1v) is 8.63. The van der Waals surface area contributed by atoms with E-state index in [0.717, 1.165) is 11.6 Å². The minimum absolute atomic E-state index is 0.0103. The van der Waals surface area contributed by atoms with Gasteiger partial charge in [0.2, 0.25) is 5.82 Å². The fourth-order valence-corrected chi connectivity index (χ4v) is 4.12. The summed E-state index contributed by atoms with van der Waals surface area (Å²) >= 11 is 1.34. The summed E-state index contributed by atoms with van der Waals surface area (Å²) in [5.74, 6) is -3.69. The summed E-state index contributed by atoms with van der Waals surface area (Å²) in [5.41, 5.74) is 3.06. The molecule has 1 atom stereocenters. The number of aromatic hydroxyl groups is 2. The fourth-order valence-electron chi connectivity index (χ4n) is 3.31. The van der Waals surface area contributed by atoms with Crippen LogP contribution in [0.1, 0.15) is 33.7 Å². The standard InChI is InChI=1S/C20H11F2NO2S/c21-19-13(3-4-17(25)20(19)22)15-5-10-1-2-12(24)6-14(10)18(15)16-9-26-8-11(16)7-23/h1-6,8-9,18,24-25H. The zero-order valence-corrected chi connectivity index (χ0v) is 14.0. The van der Waals surface area contributed by atoms with Crippen molar-refractivity contribution < 1.29 is 19.0 Å². The first-order valence-electron chi connectivity index (χ1n) is 7.69. The second kappa shape index (κ2) is 5.97. The lowest BCUT2D eigenvalue weighted by Crippen LogP contribution is -2.04. The second-order valence-electron chi connectivity index (χ2n) is 5.96. The van der Waals surface area contributed by atoms with Crippen LogP contribution in [0.15, 0.2) is 41.1 Å². The van der Waals surface area contributed by atoms with E-state index in [1.54, 1.807) is 29.0 Å². The number of thiophene rings is 1. The van der Waals surface area contributed by atoms with Crippen LogP contribution in [0.5, 0.6) is 11.5 Å². The largest absolute Gasteiger partial charge is 0.508 e. The van der Waals surface area contributed by atoms with Crippen molar-refractivity contribution in [3.8, 4) is 17.6 Å². The molecule has 3 nitrogen and oxygen atoms in total. The maximum Gasteiger partial charge on any atom is 0.200 e. The molecule has 0 spiro atoms. The summed E-state index contributed by atoms with van der Waals surface area (Å²) in [6, 6.07) is 9.31. The van der Waals surface area contributed by atoms with E-state index in [1.165, 1.54) is 23.5 Å². The lowest BCUT2D eigenvalue weighted by Gasteiger charge is -2.18. The van der Waals surface area contributed by atoms with E-state index in [0.29, 0.717) is 22.3 Å². The quantitative estimate of drug-likeness (QED) is 0.670. The topological polar surface area (TPSA) is 64.2 Å². The number of hydrogen-bond acceptors (Lipinski definition) is 4. The van der Waals surface area contributed by atoms with Gasteiger partial charge < -0.3 is 10.2 Å². The number of allylic oxidation sites excluding steroid dienone is 1. The minimum Gasteiger partial charge on any atom is -0.508 e. The molecule has 6 heteroatoms. The van der Waals surface area contributed by atoms with Gasteiger partial charge in [-0.05, 0) is 58.0 Å². The van der Waals surface area contributed by atoms with Gasteiger partial charge in [0.05, 0.1) is 5.56 Å². The second-order valence-corrected chi connectivity index (χ2v) is 6.70. The number of phenols is 2. The number of benzene rings is 2. The van der Waals surface area contributed by atoms with Crippen LogP contribution >= 0.6 is 11.3 Å². The average Bonchev–Trinajstić information content (AvgIpc) is 3.23. The molecule has 26 heavy (non-hydrogen) atoms. The molecule has 0 aliphatic heterocycles. The Labute approximate surface area is 151 Å². The van der Waals surface area contributed by atoms with E-state index in [9.17, 15) is 24.3 Å². The van der Waals surface area contributed by atoms with Gasteiger partial charge in [0.15, 0.2) is 11.6 Å². The molecule has 1 unspecified atom stereocenters. The highest BCUT2D eigenvalue weighted by molar-refractivity contribution is 7.08. The van der Waals surface area contributed by atoms with Crippen molar-refractivity contribution >= 4 is 23.0 Å². The van der Waals surface area contributed by atoms with E-state index in [1.807, 2.05) is 0 Å². The summed E-state index contributed by atoms with van der Waals surface area (Å²) in [6.45, 7) is 0. The normalized spacial score (nSPS) is 15.4. The summed E-state index contributed by atoms with van der Waals surface area (Å²) < 4.78 is 28.4. The van der Waals surface area contributed by atoms with Crippen LogP contribution in [0.2, 0.25) is 0 Å². The van der Waals surface area contributed by atoms with Crippen molar-refractivity contribution in [2.45, 2.75) is 5.92 Å². The summed E-state index contributed by atoms with van der Waals surface area (Å²) in [4.78, 5) is 0. The van der Waals surface area contributed by atoms with Gasteiger partial charge in [0.1, 0.15) is 11.8 Å². The molecule has 2 aromatic carbocycles. The zero-order valence-electron chi connectivity index (χ0n) is 13.2. The third kappa shape index (κ3) is 2.37. The third-order valence-electron chi connectivity index (χ3n) is 4.50. The Morgan fingerprint density at radius 3 is 2.58 bits per heavy atom. The lowest BCUT2D eigenvalue weighted by atomic mass is 9.85. The predicted octanol–water partition coefficient (Wildman–Crippen LogP) is 5.00. The van der Waals surface area contributed by atoms with E-state index >= 15 is 0 Å². The Bertz CT molecular complexity index is 1110. The lowest BCUT2D eigenvalue weighted by molar-refractivity contribution is 0.406. The molecule has 0 saturated heterocycles. The van der Waals surface area contributed by atoms with E-state index in [4.69, 9.17) is 0 Å². The van der Waals surface area contributed by atoms with Crippen LogP contribution < -0.4 is 0 Å². The number of nitrogens with zero attached hydrogens (tertiary/aromatic N) is 1. The molecular weight excluding hydrogens is 356 g/mol. The maximum atomic E-state index is 14.5. The van der Waals surface area contributed by atoms with Crippen molar-refractivity contribution in [1.29, 1.82) is 5.26 Å². The first-order chi connectivity index (χ1) is 12.5. The van der Waals surface area contributed by atoms with Crippen molar-refractivity contribution in [3.63, 3.8) is 0 Å². The fraction of sp³-hybridized carbons (Fsp3) is 0.0500. The number of hydrogen-bond donors (Lipinski definition) is 2. The van der Waals surface area contributed by atoms with Gasteiger partial charge in [-0.3, -0.25) is 0 Å². The van der Waals surface area contributed by atoms with Crippen LogP contribution in [-0.4, -0.2) is 10.2 Å². The van der Waals surface area contributed by atoms with E-state index in [2.05, 4.69) is 6.07 Å². The number of phenolic OH excluding ortho intramolecular Hbond substituents is 2. The summed E-state index contributed by atoms with van der Waals surface area (Å²) in [7, 11) is 0. The number of halogens is 2. The monoisotopic (exact) mass is 367 g/mol. The smallest absolute Gasteiger partial charge is 0.200 e. The summed E-state index contributed by atoms with van der Waals surface area (Å²) in [6.07, 6.45) is 1.72. The molecule has 1 aliphatic carbocycles. The van der Waals surface area contributed by atoms with Crippen molar-refractivity contribution in [2.24, 2.45) is 0 Å². The molecule has 0 bridgehead atoms. The van der Waals surface area contributed by atoms with Gasteiger partial charge in [-0.2, -0.15) is 21.0 Å². The van der Waals surface area contributed by atoms with Gasteiger partial charge in [-0.25, -0.2) is 4.39 Å². The molecule has 128 valence electrons. The molecular formula is C20H11F2NO2S. The van der Waals surface area contributed by atoms with Gasteiger partial charge >= 0.3 is 0 Å². The van der Waals surface area contributed by atoms with Gasteiger partial charge in [-0.1, -0.05) is 6.07 Å². The van der Waals surface area contributed by atoms with Gasteiger partial charge in [0.25, 0.3) is 0 Å².